The Hall–Kier alpha value is -2.38. The zero-order valence-corrected chi connectivity index (χ0v) is 16.0. The number of aromatic nitrogens is 1. The number of rotatable bonds is 3. The SMILES string of the molecule is Cl.N#CCCC1C(=O)c2ccc(-c3cccnc3)cc2OC12CCCCC2. The molecule has 2 aliphatic rings. The average Bonchev–Trinajstić information content (AvgIpc) is 2.69. The van der Waals surface area contributed by atoms with E-state index in [1.165, 1.54) is 6.42 Å². The maximum absolute atomic E-state index is 13.2. The van der Waals surface area contributed by atoms with E-state index in [2.05, 4.69) is 11.1 Å². The van der Waals surface area contributed by atoms with Crippen LogP contribution in [-0.2, 0) is 0 Å². The number of fused-ring (bicyclic) bond motifs is 1. The summed E-state index contributed by atoms with van der Waals surface area (Å²) in [4.78, 5) is 17.4. The van der Waals surface area contributed by atoms with Crippen molar-refractivity contribution in [3.05, 3.63) is 48.3 Å². The molecule has 1 spiro atoms. The lowest BCUT2D eigenvalue weighted by molar-refractivity contribution is -0.0278. The second-order valence-electron chi connectivity index (χ2n) is 7.29. The van der Waals surface area contributed by atoms with E-state index in [-0.39, 0.29) is 24.1 Å². The van der Waals surface area contributed by atoms with Gasteiger partial charge in [0.2, 0.25) is 0 Å². The summed E-state index contributed by atoms with van der Waals surface area (Å²) in [5.41, 5.74) is 2.23. The first-order chi connectivity index (χ1) is 12.7. The lowest BCUT2D eigenvalue weighted by Crippen LogP contribution is -2.51. The molecule has 2 aromatic rings. The van der Waals surface area contributed by atoms with Crippen molar-refractivity contribution in [2.75, 3.05) is 0 Å². The van der Waals surface area contributed by atoms with Crippen molar-refractivity contribution in [2.24, 2.45) is 5.92 Å². The van der Waals surface area contributed by atoms with Crippen LogP contribution in [0.2, 0.25) is 0 Å². The minimum absolute atomic E-state index is 0. The van der Waals surface area contributed by atoms with Crippen LogP contribution >= 0.6 is 12.4 Å². The minimum atomic E-state index is -0.438. The number of nitriles is 1. The number of carbonyl (C=O) groups excluding carboxylic acids is 1. The van der Waals surface area contributed by atoms with Gasteiger partial charge in [-0.3, -0.25) is 9.78 Å². The number of ketones is 1. The fourth-order valence-corrected chi connectivity index (χ4v) is 4.44. The van der Waals surface area contributed by atoms with Crippen molar-refractivity contribution in [3.8, 4) is 22.9 Å². The Balaban J connectivity index is 0.00000210. The van der Waals surface area contributed by atoms with Crippen LogP contribution in [0.4, 0.5) is 0 Å². The highest BCUT2D eigenvalue weighted by atomic mass is 35.5. The van der Waals surface area contributed by atoms with Gasteiger partial charge >= 0.3 is 0 Å². The van der Waals surface area contributed by atoms with Crippen molar-refractivity contribution in [1.29, 1.82) is 5.26 Å². The number of pyridine rings is 1. The van der Waals surface area contributed by atoms with Crippen LogP contribution in [0.25, 0.3) is 11.1 Å². The number of benzene rings is 1. The van der Waals surface area contributed by atoms with E-state index in [9.17, 15) is 4.79 Å². The number of nitrogens with zero attached hydrogens (tertiary/aromatic N) is 2. The van der Waals surface area contributed by atoms with E-state index >= 15 is 0 Å². The zero-order valence-electron chi connectivity index (χ0n) is 15.2. The molecule has 5 heteroatoms. The molecule has 1 unspecified atom stereocenters. The predicted molar refractivity (Wildman–Crippen MR) is 106 cm³/mol. The Labute approximate surface area is 166 Å². The van der Waals surface area contributed by atoms with Crippen LogP contribution in [-0.4, -0.2) is 16.4 Å². The van der Waals surface area contributed by atoms with Gasteiger partial charge in [-0.05, 0) is 55.9 Å². The summed E-state index contributed by atoms with van der Waals surface area (Å²) < 4.78 is 6.55. The molecule has 0 amide bonds. The molecule has 4 rings (SSSR count). The van der Waals surface area contributed by atoms with Crippen LogP contribution in [0.5, 0.6) is 5.75 Å². The van der Waals surface area contributed by atoms with Crippen LogP contribution in [0.15, 0.2) is 42.7 Å². The molecule has 0 bridgehead atoms. The van der Waals surface area contributed by atoms with Gasteiger partial charge in [-0.2, -0.15) is 5.26 Å². The number of hydrogen-bond acceptors (Lipinski definition) is 4. The molecule has 1 atom stereocenters. The van der Waals surface area contributed by atoms with Crippen LogP contribution in [0.3, 0.4) is 0 Å². The van der Waals surface area contributed by atoms with E-state index in [4.69, 9.17) is 10.00 Å². The first kappa shape index (κ1) is 19.4. The topological polar surface area (TPSA) is 63.0 Å². The Morgan fingerprint density at radius 2 is 2.00 bits per heavy atom. The van der Waals surface area contributed by atoms with Crippen LogP contribution < -0.4 is 4.74 Å². The molecule has 1 aromatic carbocycles. The number of hydrogen-bond donors (Lipinski definition) is 0. The summed E-state index contributed by atoms with van der Waals surface area (Å²) in [7, 11) is 0. The van der Waals surface area contributed by atoms with E-state index in [0.717, 1.165) is 36.8 Å². The molecular formula is C22H23ClN2O2. The molecule has 0 saturated heterocycles. The van der Waals surface area contributed by atoms with E-state index in [0.29, 0.717) is 24.2 Å². The predicted octanol–water partition coefficient (Wildman–Crippen LogP) is 5.37. The highest BCUT2D eigenvalue weighted by molar-refractivity contribution is 6.02. The van der Waals surface area contributed by atoms with Crippen molar-refractivity contribution < 1.29 is 9.53 Å². The van der Waals surface area contributed by atoms with Gasteiger partial charge in [0.25, 0.3) is 0 Å². The number of carbonyl (C=O) groups is 1. The van der Waals surface area contributed by atoms with E-state index in [1.54, 1.807) is 6.20 Å². The maximum atomic E-state index is 13.2. The van der Waals surface area contributed by atoms with E-state index < -0.39 is 5.60 Å². The smallest absolute Gasteiger partial charge is 0.173 e. The summed E-state index contributed by atoms with van der Waals surface area (Å²) in [5.74, 6) is 0.617. The Bertz CT molecular complexity index is 854. The third-order valence-electron chi connectivity index (χ3n) is 5.75. The molecule has 0 radical (unpaired) electrons. The summed E-state index contributed by atoms with van der Waals surface area (Å²) in [6.07, 6.45) is 9.67. The highest BCUT2D eigenvalue weighted by Gasteiger charge is 2.49. The molecule has 0 N–H and O–H groups in total. The van der Waals surface area contributed by atoms with Crippen LogP contribution in [0, 0.1) is 17.2 Å². The largest absolute Gasteiger partial charge is 0.486 e. The molecule has 140 valence electrons. The molecule has 1 aromatic heterocycles. The van der Waals surface area contributed by atoms with Crippen molar-refractivity contribution in [2.45, 2.75) is 50.5 Å². The Morgan fingerprint density at radius 3 is 2.70 bits per heavy atom. The van der Waals surface area contributed by atoms with Crippen molar-refractivity contribution in [3.63, 3.8) is 0 Å². The number of ether oxygens (including phenoxy) is 1. The van der Waals surface area contributed by atoms with Gasteiger partial charge in [-0.15, -0.1) is 12.4 Å². The third kappa shape index (κ3) is 3.57. The second kappa shape index (κ2) is 8.10. The van der Waals surface area contributed by atoms with Gasteiger partial charge in [-0.25, -0.2) is 0 Å². The molecule has 1 aliphatic heterocycles. The fourth-order valence-electron chi connectivity index (χ4n) is 4.44. The Morgan fingerprint density at radius 1 is 1.19 bits per heavy atom. The van der Waals surface area contributed by atoms with Gasteiger partial charge < -0.3 is 4.74 Å². The summed E-state index contributed by atoms with van der Waals surface area (Å²) in [6, 6.07) is 11.9. The van der Waals surface area contributed by atoms with E-state index in [1.807, 2.05) is 36.5 Å². The molecule has 27 heavy (non-hydrogen) atoms. The lowest BCUT2D eigenvalue weighted by atomic mass is 9.69. The lowest BCUT2D eigenvalue weighted by Gasteiger charge is -2.46. The zero-order chi connectivity index (χ0) is 18.0. The van der Waals surface area contributed by atoms with Crippen LogP contribution in [0.1, 0.15) is 55.3 Å². The molecule has 1 fully saturated rings. The van der Waals surface area contributed by atoms with Gasteiger partial charge in [0.05, 0.1) is 17.6 Å². The molecular weight excluding hydrogens is 360 g/mol. The monoisotopic (exact) mass is 382 g/mol. The second-order valence-corrected chi connectivity index (χ2v) is 7.29. The molecule has 1 saturated carbocycles. The van der Waals surface area contributed by atoms with Gasteiger partial charge in [0, 0.05) is 24.4 Å². The number of Topliss-reactive ketones (excluding diaryl/α,β-unsaturated/α-hetero) is 1. The minimum Gasteiger partial charge on any atom is -0.486 e. The summed E-state index contributed by atoms with van der Waals surface area (Å²) >= 11 is 0. The first-order valence-electron chi connectivity index (χ1n) is 9.38. The number of halogens is 1. The van der Waals surface area contributed by atoms with Gasteiger partial charge in [0.1, 0.15) is 11.4 Å². The Kier molecular flexibility index (Phi) is 5.82. The average molecular weight is 383 g/mol. The first-order valence-corrected chi connectivity index (χ1v) is 9.38. The summed E-state index contributed by atoms with van der Waals surface area (Å²) in [5, 5.41) is 9.02. The molecule has 4 nitrogen and oxygen atoms in total. The third-order valence-corrected chi connectivity index (χ3v) is 5.75. The standard InChI is InChI=1S/C22H22N2O2.ClH/c23-12-4-7-19-21(25)18-9-8-16(17-6-5-13-24-15-17)14-20(18)26-22(19)10-2-1-3-11-22;/h5-6,8-9,13-15,19H,1-4,7,10-11H2;1H. The quantitative estimate of drug-likeness (QED) is 0.715. The fraction of sp³-hybridized carbons (Fsp3) is 0.409. The van der Waals surface area contributed by atoms with Crippen molar-refractivity contribution in [1.82, 2.24) is 4.98 Å². The molecule has 2 heterocycles. The maximum Gasteiger partial charge on any atom is 0.173 e. The van der Waals surface area contributed by atoms with Crippen molar-refractivity contribution >= 4 is 18.2 Å². The van der Waals surface area contributed by atoms with Gasteiger partial charge in [-0.1, -0.05) is 18.6 Å². The highest BCUT2D eigenvalue weighted by Crippen LogP contribution is 2.47. The summed E-state index contributed by atoms with van der Waals surface area (Å²) in [6.45, 7) is 0. The van der Waals surface area contributed by atoms with Gasteiger partial charge in [0.15, 0.2) is 5.78 Å². The normalized spacial score (nSPS) is 20.1. The molecule has 1 aliphatic carbocycles.